The van der Waals surface area contributed by atoms with Gasteiger partial charge in [-0.3, -0.25) is 9.78 Å². The second kappa shape index (κ2) is 6.10. The highest BCUT2D eigenvalue weighted by molar-refractivity contribution is 5.87. The number of rotatable bonds is 4. The average molecular weight is 291 g/mol. The second-order valence-corrected chi connectivity index (χ2v) is 4.79. The lowest BCUT2D eigenvalue weighted by molar-refractivity contribution is -0.121. The van der Waals surface area contributed by atoms with Gasteiger partial charge in [0.05, 0.1) is 30.1 Å². The Morgan fingerprint density at radius 2 is 2.09 bits per heavy atom. The lowest BCUT2D eigenvalue weighted by Crippen LogP contribution is -2.28. The first kappa shape index (κ1) is 13.8. The van der Waals surface area contributed by atoms with Crippen LogP contribution in [-0.2, 0) is 11.3 Å². The van der Waals surface area contributed by atoms with Crippen LogP contribution in [0.1, 0.15) is 17.4 Å². The van der Waals surface area contributed by atoms with Crippen LogP contribution in [-0.4, -0.2) is 10.9 Å². The van der Waals surface area contributed by atoms with E-state index < -0.39 is 5.92 Å². The topological polar surface area (TPSA) is 78.9 Å². The van der Waals surface area contributed by atoms with Crippen LogP contribution in [0.15, 0.2) is 59.2 Å². The summed E-state index contributed by atoms with van der Waals surface area (Å²) < 4.78 is 5.15. The molecule has 0 saturated heterocycles. The summed E-state index contributed by atoms with van der Waals surface area (Å²) in [6.07, 6.45) is 1.54. The Hall–Kier alpha value is -3.13. The molecule has 1 N–H and O–H groups in total. The van der Waals surface area contributed by atoms with Gasteiger partial charge >= 0.3 is 0 Å². The molecular weight excluding hydrogens is 278 g/mol. The van der Waals surface area contributed by atoms with Crippen molar-refractivity contribution < 1.29 is 9.21 Å². The monoisotopic (exact) mass is 291 g/mol. The number of aromatic nitrogens is 1. The Balaban J connectivity index is 1.79. The molecule has 0 spiro atoms. The smallest absolute Gasteiger partial charge is 0.243 e. The van der Waals surface area contributed by atoms with Crippen molar-refractivity contribution in [2.24, 2.45) is 0 Å². The third-order valence-electron chi connectivity index (χ3n) is 3.32. The highest BCUT2D eigenvalue weighted by Crippen LogP contribution is 2.18. The fraction of sp³-hybridized carbons (Fsp3) is 0.118. The van der Waals surface area contributed by atoms with Crippen molar-refractivity contribution in [3.05, 3.63) is 66.2 Å². The molecule has 0 aliphatic heterocycles. The molecule has 1 amide bonds. The summed E-state index contributed by atoms with van der Waals surface area (Å²) in [6, 6.07) is 16.7. The highest BCUT2D eigenvalue weighted by atomic mass is 16.3. The van der Waals surface area contributed by atoms with Crippen LogP contribution in [0.4, 0.5) is 0 Å². The first-order valence-corrected chi connectivity index (χ1v) is 6.83. The number of pyridine rings is 1. The Bertz CT molecular complexity index is 834. The Morgan fingerprint density at radius 3 is 2.86 bits per heavy atom. The number of amides is 1. The van der Waals surface area contributed by atoms with Gasteiger partial charge in [0.1, 0.15) is 5.76 Å². The van der Waals surface area contributed by atoms with Gasteiger partial charge in [0.25, 0.3) is 0 Å². The van der Waals surface area contributed by atoms with Crippen molar-refractivity contribution in [2.45, 2.75) is 12.5 Å². The molecule has 0 aliphatic rings. The summed E-state index contributed by atoms with van der Waals surface area (Å²) in [7, 11) is 0. The zero-order chi connectivity index (χ0) is 15.4. The number of fused-ring (bicyclic) bond motifs is 1. The highest BCUT2D eigenvalue weighted by Gasteiger charge is 2.21. The fourth-order valence-corrected chi connectivity index (χ4v) is 2.19. The maximum Gasteiger partial charge on any atom is 0.243 e. The van der Waals surface area contributed by atoms with Gasteiger partial charge in [0.2, 0.25) is 5.91 Å². The number of para-hydroxylation sites is 1. The van der Waals surface area contributed by atoms with E-state index in [2.05, 4.69) is 10.3 Å². The summed E-state index contributed by atoms with van der Waals surface area (Å²) in [5, 5.41) is 13.0. The number of nitriles is 1. The molecule has 3 aromatic rings. The molecule has 2 aromatic heterocycles. The number of hydrogen-bond acceptors (Lipinski definition) is 4. The van der Waals surface area contributed by atoms with Crippen LogP contribution in [0, 0.1) is 11.3 Å². The van der Waals surface area contributed by atoms with Gasteiger partial charge in [-0.25, -0.2) is 0 Å². The number of hydrogen-bond donors (Lipinski definition) is 1. The van der Waals surface area contributed by atoms with E-state index in [1.165, 1.54) is 6.26 Å². The van der Waals surface area contributed by atoms with Crippen molar-refractivity contribution in [2.75, 3.05) is 0 Å². The van der Waals surface area contributed by atoms with E-state index in [9.17, 15) is 10.1 Å². The van der Waals surface area contributed by atoms with E-state index in [1.807, 2.05) is 36.4 Å². The minimum atomic E-state index is -0.945. The number of nitrogens with zero attached hydrogens (tertiary/aromatic N) is 2. The molecule has 3 rings (SSSR count). The predicted molar refractivity (Wildman–Crippen MR) is 80.7 cm³/mol. The summed E-state index contributed by atoms with van der Waals surface area (Å²) in [5.41, 5.74) is 1.21. The molecule has 0 unspecified atom stereocenters. The first-order chi connectivity index (χ1) is 10.8. The van der Waals surface area contributed by atoms with E-state index in [-0.39, 0.29) is 12.5 Å². The molecule has 22 heavy (non-hydrogen) atoms. The van der Waals surface area contributed by atoms with Crippen molar-refractivity contribution in [3.63, 3.8) is 0 Å². The number of furan rings is 1. The summed E-state index contributed by atoms with van der Waals surface area (Å²) in [6.45, 7) is 0.248. The zero-order valence-electron chi connectivity index (χ0n) is 11.7. The largest absolute Gasteiger partial charge is 0.467 e. The minimum absolute atomic E-state index is 0.248. The molecule has 2 heterocycles. The molecule has 0 saturated carbocycles. The standard InChI is InChI=1S/C17H13N3O2/c18-10-14(17(21)19-11-13-5-3-9-22-13)16-8-7-12-4-1-2-6-15(12)20-16/h1-9,14H,11H2,(H,19,21)/t14-/m1/s1. The van der Waals surface area contributed by atoms with E-state index in [0.29, 0.717) is 11.5 Å². The Kier molecular flexibility index (Phi) is 3.84. The fourth-order valence-electron chi connectivity index (χ4n) is 2.19. The third-order valence-corrected chi connectivity index (χ3v) is 3.32. The number of benzene rings is 1. The van der Waals surface area contributed by atoms with Crippen molar-refractivity contribution >= 4 is 16.8 Å². The lowest BCUT2D eigenvalue weighted by Gasteiger charge is -2.10. The van der Waals surface area contributed by atoms with Gasteiger partial charge in [-0.15, -0.1) is 0 Å². The maximum absolute atomic E-state index is 12.2. The van der Waals surface area contributed by atoms with Gasteiger partial charge in [-0.05, 0) is 24.3 Å². The van der Waals surface area contributed by atoms with Crippen LogP contribution < -0.4 is 5.32 Å². The Morgan fingerprint density at radius 1 is 1.23 bits per heavy atom. The first-order valence-electron chi connectivity index (χ1n) is 6.83. The molecule has 5 heteroatoms. The molecule has 0 aliphatic carbocycles. The van der Waals surface area contributed by atoms with E-state index in [0.717, 1.165) is 10.9 Å². The predicted octanol–water partition coefficient (Wildman–Crippen LogP) is 2.75. The second-order valence-electron chi connectivity index (χ2n) is 4.79. The van der Waals surface area contributed by atoms with Gasteiger partial charge in [-0.2, -0.15) is 5.26 Å². The summed E-state index contributed by atoms with van der Waals surface area (Å²) >= 11 is 0. The van der Waals surface area contributed by atoms with E-state index >= 15 is 0 Å². The molecule has 0 radical (unpaired) electrons. The van der Waals surface area contributed by atoms with Crippen LogP contribution in [0.25, 0.3) is 10.9 Å². The van der Waals surface area contributed by atoms with E-state index in [1.54, 1.807) is 18.2 Å². The van der Waals surface area contributed by atoms with Gasteiger partial charge in [0, 0.05) is 5.39 Å². The van der Waals surface area contributed by atoms with Crippen molar-refractivity contribution in [1.29, 1.82) is 5.26 Å². The van der Waals surface area contributed by atoms with E-state index in [4.69, 9.17) is 4.42 Å². The third kappa shape index (κ3) is 2.81. The minimum Gasteiger partial charge on any atom is -0.467 e. The molecule has 0 fully saturated rings. The lowest BCUT2D eigenvalue weighted by atomic mass is 10.0. The maximum atomic E-state index is 12.2. The molecule has 108 valence electrons. The van der Waals surface area contributed by atoms with Gasteiger partial charge < -0.3 is 9.73 Å². The summed E-state index contributed by atoms with van der Waals surface area (Å²) in [4.78, 5) is 16.6. The van der Waals surface area contributed by atoms with Crippen molar-refractivity contribution in [1.82, 2.24) is 10.3 Å². The van der Waals surface area contributed by atoms with Crippen molar-refractivity contribution in [3.8, 4) is 6.07 Å². The quantitative estimate of drug-likeness (QED) is 0.801. The average Bonchev–Trinajstić information content (AvgIpc) is 3.07. The van der Waals surface area contributed by atoms with Crippen LogP contribution in [0.2, 0.25) is 0 Å². The number of carbonyl (C=O) groups is 1. The van der Waals surface area contributed by atoms with Gasteiger partial charge in [0.15, 0.2) is 5.92 Å². The molecule has 0 bridgehead atoms. The van der Waals surface area contributed by atoms with Crippen LogP contribution in [0.5, 0.6) is 0 Å². The van der Waals surface area contributed by atoms with Crippen LogP contribution >= 0.6 is 0 Å². The number of nitrogens with one attached hydrogen (secondary N) is 1. The SMILES string of the molecule is N#C[C@@H](C(=O)NCc1ccco1)c1ccc2ccccc2n1. The molecule has 5 nitrogen and oxygen atoms in total. The Labute approximate surface area is 127 Å². The number of carbonyl (C=O) groups excluding carboxylic acids is 1. The molecule has 1 aromatic carbocycles. The normalized spacial score (nSPS) is 11.8. The molecular formula is C17H13N3O2. The molecule has 1 atom stereocenters. The van der Waals surface area contributed by atoms with Crippen LogP contribution in [0.3, 0.4) is 0 Å². The van der Waals surface area contributed by atoms with Gasteiger partial charge in [-0.1, -0.05) is 24.3 Å². The summed E-state index contributed by atoms with van der Waals surface area (Å²) in [5.74, 6) is -0.697. The zero-order valence-corrected chi connectivity index (χ0v) is 11.7.